The molecule has 15 nitrogen and oxygen atoms in total. The molecule has 5 rings (SSSR count). The highest BCUT2D eigenvalue weighted by Gasteiger charge is 2.67. The fraction of sp³-hybridized carbons (Fsp3) is 0.591. The number of esters is 2. The molecule has 1 unspecified atom stereocenters. The Balaban J connectivity index is 1.48. The average Bonchev–Trinajstić information content (AvgIpc) is 3.45. The molecule has 9 atom stereocenters. The van der Waals surface area contributed by atoms with Crippen LogP contribution >= 0.6 is 0 Å². The molecule has 0 saturated carbocycles. The number of hydrogen-bond donors (Lipinski definition) is 4. The van der Waals surface area contributed by atoms with Gasteiger partial charge in [-0.1, -0.05) is 6.08 Å². The van der Waals surface area contributed by atoms with E-state index in [1.54, 1.807) is 6.92 Å². The SMILES string of the molecule is C/C=C(\C)C(=O)O[C@H]1[C@H](O)[C@@H](C(=O)OC)O[C@H]2C[C@@H]3OC(n4cnc5c(N)ncnc54)[C@H](O)[C@H]3O[C@@]21O. The van der Waals surface area contributed by atoms with Crippen molar-refractivity contribution in [3.8, 4) is 0 Å². The summed E-state index contributed by atoms with van der Waals surface area (Å²) in [5.74, 6) is -4.08. The first-order valence-corrected chi connectivity index (χ1v) is 11.5. The number of methoxy groups -OCH3 is 1. The average molecular weight is 521 g/mol. The Bertz CT molecular complexity index is 1250. The molecular formula is C22H27N5O10. The molecule has 3 fully saturated rings. The van der Waals surface area contributed by atoms with Gasteiger partial charge in [-0.3, -0.25) is 4.57 Å². The lowest BCUT2D eigenvalue weighted by atomic mass is 9.84. The molecule has 3 aliphatic heterocycles. The van der Waals surface area contributed by atoms with Crippen LogP contribution in [0.2, 0.25) is 0 Å². The minimum atomic E-state index is -2.43. The van der Waals surface area contributed by atoms with Crippen molar-refractivity contribution in [3.05, 3.63) is 24.3 Å². The van der Waals surface area contributed by atoms with E-state index < -0.39 is 66.7 Å². The highest BCUT2D eigenvalue weighted by atomic mass is 16.7. The molecule has 2 aromatic rings. The largest absolute Gasteiger partial charge is 0.467 e. The number of allylic oxidation sites excluding steroid dienone is 1. The van der Waals surface area contributed by atoms with Crippen molar-refractivity contribution >= 4 is 28.9 Å². The third-order valence-corrected chi connectivity index (χ3v) is 6.96. The lowest BCUT2D eigenvalue weighted by Gasteiger charge is -2.52. The van der Waals surface area contributed by atoms with Gasteiger partial charge in [-0.05, 0) is 13.8 Å². The van der Waals surface area contributed by atoms with E-state index in [0.717, 1.165) is 7.11 Å². The lowest BCUT2D eigenvalue weighted by Crippen LogP contribution is -2.73. The van der Waals surface area contributed by atoms with Gasteiger partial charge in [0.05, 0.1) is 19.5 Å². The van der Waals surface area contributed by atoms with Crippen molar-refractivity contribution in [3.63, 3.8) is 0 Å². The van der Waals surface area contributed by atoms with E-state index in [0.29, 0.717) is 11.2 Å². The Kier molecular flexibility index (Phi) is 6.37. The minimum Gasteiger partial charge on any atom is -0.467 e. The number of ether oxygens (including phenoxy) is 5. The van der Waals surface area contributed by atoms with Gasteiger partial charge in [0, 0.05) is 12.0 Å². The molecule has 0 aromatic carbocycles. The summed E-state index contributed by atoms with van der Waals surface area (Å²) in [7, 11) is 1.10. The van der Waals surface area contributed by atoms with Gasteiger partial charge in [0.25, 0.3) is 0 Å². The predicted molar refractivity (Wildman–Crippen MR) is 120 cm³/mol. The molecule has 5 N–H and O–H groups in total. The van der Waals surface area contributed by atoms with Crippen molar-refractivity contribution < 1.29 is 48.6 Å². The molecule has 5 heterocycles. The summed E-state index contributed by atoms with van der Waals surface area (Å²) < 4.78 is 29.2. The summed E-state index contributed by atoms with van der Waals surface area (Å²) in [5, 5.41) is 33.7. The predicted octanol–water partition coefficient (Wildman–Crippen LogP) is -1.68. The van der Waals surface area contributed by atoms with Crippen molar-refractivity contribution in [2.45, 2.75) is 75.0 Å². The molecular weight excluding hydrogens is 494 g/mol. The number of nitrogen functional groups attached to an aromatic ring is 1. The van der Waals surface area contributed by atoms with Crippen molar-refractivity contribution in [2.24, 2.45) is 0 Å². The van der Waals surface area contributed by atoms with Crippen LogP contribution in [0.5, 0.6) is 0 Å². The second-order valence-electron chi connectivity index (χ2n) is 9.07. The molecule has 0 amide bonds. The maximum absolute atomic E-state index is 12.6. The number of imidazole rings is 1. The van der Waals surface area contributed by atoms with Crippen molar-refractivity contribution in [2.75, 3.05) is 12.8 Å². The van der Waals surface area contributed by atoms with E-state index >= 15 is 0 Å². The number of aliphatic hydroxyl groups excluding tert-OH is 2. The second kappa shape index (κ2) is 9.27. The van der Waals surface area contributed by atoms with Gasteiger partial charge < -0.3 is 44.7 Å². The van der Waals surface area contributed by atoms with Gasteiger partial charge in [0.2, 0.25) is 5.79 Å². The van der Waals surface area contributed by atoms with E-state index in [9.17, 15) is 24.9 Å². The molecule has 0 aliphatic carbocycles. The topological polar surface area (TPSA) is 211 Å². The van der Waals surface area contributed by atoms with E-state index in [4.69, 9.17) is 29.4 Å². The molecule has 0 bridgehead atoms. The molecule has 3 aliphatic rings. The Morgan fingerprint density at radius 3 is 2.70 bits per heavy atom. The molecule has 0 spiro atoms. The van der Waals surface area contributed by atoms with Crippen LogP contribution in [-0.4, -0.2) is 102 Å². The first kappa shape index (κ1) is 25.4. The smallest absolute Gasteiger partial charge is 0.337 e. The lowest BCUT2D eigenvalue weighted by molar-refractivity contribution is -0.396. The summed E-state index contributed by atoms with van der Waals surface area (Å²) >= 11 is 0. The van der Waals surface area contributed by atoms with Crippen LogP contribution in [0.3, 0.4) is 0 Å². The standard InChI is InChI=1S/C22H27N5O10/c1-4-8(2)20(30)36-16-12(28)15(21(31)33-3)35-10-5-9-14(37-22(10,16)32)13(29)19(34-9)27-7-26-11-17(23)24-6-25-18(11)27/h4,6-7,9-10,12-16,19,28-29,32H,5H2,1-3H3,(H2,23,24,25)/b8-4+/t9-,10-,12+,13+,14-,15-,16-,19?,22-/m0/s1. The third-order valence-electron chi connectivity index (χ3n) is 6.96. The molecule has 15 heteroatoms. The highest BCUT2D eigenvalue weighted by molar-refractivity contribution is 5.88. The van der Waals surface area contributed by atoms with Crippen LogP contribution < -0.4 is 5.73 Å². The number of nitrogens with zero attached hydrogens (tertiary/aromatic N) is 4. The van der Waals surface area contributed by atoms with Crippen LogP contribution in [0.4, 0.5) is 5.82 Å². The van der Waals surface area contributed by atoms with Crippen molar-refractivity contribution in [1.29, 1.82) is 0 Å². The summed E-state index contributed by atoms with van der Waals surface area (Å²) in [6.45, 7) is 3.09. The second-order valence-corrected chi connectivity index (χ2v) is 9.07. The summed E-state index contributed by atoms with van der Waals surface area (Å²) in [5.41, 5.74) is 6.66. The Morgan fingerprint density at radius 2 is 2.00 bits per heavy atom. The quantitative estimate of drug-likeness (QED) is 0.262. The first-order valence-electron chi connectivity index (χ1n) is 11.5. The van der Waals surface area contributed by atoms with E-state index in [2.05, 4.69) is 15.0 Å². The van der Waals surface area contributed by atoms with Gasteiger partial charge in [-0.15, -0.1) is 0 Å². The molecule has 0 radical (unpaired) electrons. The van der Waals surface area contributed by atoms with Gasteiger partial charge >= 0.3 is 11.9 Å². The van der Waals surface area contributed by atoms with Gasteiger partial charge in [0.1, 0.15) is 36.3 Å². The number of carbonyl (C=O) groups excluding carboxylic acids is 2. The van der Waals surface area contributed by atoms with Crippen LogP contribution in [-0.2, 0) is 33.3 Å². The number of hydrogen-bond acceptors (Lipinski definition) is 14. The third kappa shape index (κ3) is 3.94. The number of rotatable bonds is 4. The minimum absolute atomic E-state index is 0.0880. The van der Waals surface area contributed by atoms with E-state index in [-0.39, 0.29) is 17.8 Å². The van der Waals surface area contributed by atoms with Crippen LogP contribution in [0.1, 0.15) is 26.5 Å². The van der Waals surface area contributed by atoms with Gasteiger partial charge in [-0.2, -0.15) is 0 Å². The van der Waals surface area contributed by atoms with Gasteiger partial charge in [-0.25, -0.2) is 24.5 Å². The zero-order chi connectivity index (χ0) is 26.6. The molecule has 3 saturated heterocycles. The summed E-state index contributed by atoms with van der Waals surface area (Å²) in [6, 6.07) is 0. The zero-order valence-corrected chi connectivity index (χ0v) is 20.1. The zero-order valence-electron chi connectivity index (χ0n) is 20.1. The maximum atomic E-state index is 12.6. The maximum Gasteiger partial charge on any atom is 0.337 e. The molecule has 2 aromatic heterocycles. The fourth-order valence-corrected chi connectivity index (χ4v) is 4.87. The molecule has 200 valence electrons. The Labute approximate surface area is 209 Å². The monoisotopic (exact) mass is 521 g/mol. The molecule has 37 heavy (non-hydrogen) atoms. The van der Waals surface area contributed by atoms with Gasteiger partial charge in [0.15, 0.2) is 29.9 Å². The Morgan fingerprint density at radius 1 is 1.24 bits per heavy atom. The van der Waals surface area contributed by atoms with Crippen LogP contribution in [0.25, 0.3) is 11.2 Å². The summed E-state index contributed by atoms with van der Waals surface area (Å²) in [6.07, 6.45) is -6.84. The van der Waals surface area contributed by atoms with Crippen LogP contribution in [0, 0.1) is 0 Å². The fourth-order valence-electron chi connectivity index (χ4n) is 4.87. The number of anilines is 1. The number of carbonyl (C=O) groups is 2. The van der Waals surface area contributed by atoms with E-state index in [1.807, 2.05) is 0 Å². The van der Waals surface area contributed by atoms with E-state index in [1.165, 1.54) is 30.2 Å². The number of fused-ring (bicyclic) bond motifs is 3. The summed E-state index contributed by atoms with van der Waals surface area (Å²) in [4.78, 5) is 37.1. The highest BCUT2D eigenvalue weighted by Crippen LogP contribution is 2.47. The Hall–Kier alpha value is -3.21. The normalized spacial score (nSPS) is 37.6. The number of aromatic nitrogens is 4. The number of nitrogens with two attached hydrogens (primary N) is 1. The number of aliphatic hydroxyl groups is 3. The first-order chi connectivity index (χ1) is 17.6. The van der Waals surface area contributed by atoms with Crippen LogP contribution in [0.15, 0.2) is 24.3 Å². The van der Waals surface area contributed by atoms with Crippen molar-refractivity contribution in [1.82, 2.24) is 19.5 Å².